The molecule has 1 heterocycles. The highest BCUT2D eigenvalue weighted by Crippen LogP contribution is 2.31. The Labute approximate surface area is 118 Å². The van der Waals surface area contributed by atoms with Crippen molar-refractivity contribution in [2.45, 2.75) is 19.4 Å². The highest BCUT2D eigenvalue weighted by molar-refractivity contribution is 9.10. The topological polar surface area (TPSA) is 24.9 Å². The van der Waals surface area contributed by atoms with Gasteiger partial charge in [-0.15, -0.1) is 11.3 Å². The zero-order valence-electron chi connectivity index (χ0n) is 10.4. The molecule has 0 saturated heterocycles. The first-order valence-electron chi connectivity index (χ1n) is 5.54. The molecule has 0 atom stereocenters. The van der Waals surface area contributed by atoms with Crippen molar-refractivity contribution in [2.75, 3.05) is 7.05 Å². The summed E-state index contributed by atoms with van der Waals surface area (Å²) < 4.78 is 14.6. The summed E-state index contributed by atoms with van der Waals surface area (Å²) >= 11 is 4.89. The van der Waals surface area contributed by atoms with Crippen molar-refractivity contribution >= 4 is 27.3 Å². The average molecular weight is 329 g/mol. The summed E-state index contributed by atoms with van der Waals surface area (Å²) in [5, 5.41) is 6.03. The van der Waals surface area contributed by atoms with E-state index in [4.69, 9.17) is 0 Å². The number of rotatable bonds is 3. The zero-order chi connectivity index (χ0) is 13.3. The second kappa shape index (κ2) is 5.07. The van der Waals surface area contributed by atoms with E-state index < -0.39 is 0 Å². The van der Waals surface area contributed by atoms with Gasteiger partial charge in [-0.3, -0.25) is 0 Å². The summed E-state index contributed by atoms with van der Waals surface area (Å²) in [6, 6.07) is 4.88. The molecule has 5 heteroatoms. The van der Waals surface area contributed by atoms with Gasteiger partial charge in [0.2, 0.25) is 0 Å². The minimum Gasteiger partial charge on any atom is -0.309 e. The molecule has 0 aliphatic rings. The molecule has 96 valence electrons. The summed E-state index contributed by atoms with van der Waals surface area (Å²) in [6.07, 6.45) is 0. The lowest BCUT2D eigenvalue weighted by molar-refractivity contribution is 0.442. The number of hydrogen-bond donors (Lipinski definition) is 1. The lowest BCUT2D eigenvalue weighted by Gasteiger charge is -2.20. The van der Waals surface area contributed by atoms with Gasteiger partial charge in [0, 0.05) is 15.4 Å². The molecule has 0 bridgehead atoms. The average Bonchev–Trinajstić information content (AvgIpc) is 2.82. The standard InChI is InChI=1S/C13H14BrFN2S/c1-13(2,16-3)12-17-11(7-18-12)9-6-8(14)4-5-10(9)15/h4-7,16H,1-3H3. The van der Waals surface area contributed by atoms with Gasteiger partial charge >= 0.3 is 0 Å². The first-order valence-corrected chi connectivity index (χ1v) is 7.21. The largest absolute Gasteiger partial charge is 0.309 e. The van der Waals surface area contributed by atoms with Crippen LogP contribution in [0.4, 0.5) is 4.39 Å². The van der Waals surface area contributed by atoms with Crippen LogP contribution in [0.1, 0.15) is 18.9 Å². The van der Waals surface area contributed by atoms with E-state index in [0.717, 1.165) is 9.48 Å². The van der Waals surface area contributed by atoms with Crippen LogP contribution in [0.15, 0.2) is 28.1 Å². The van der Waals surface area contributed by atoms with Gasteiger partial charge in [0.15, 0.2) is 0 Å². The monoisotopic (exact) mass is 328 g/mol. The molecule has 0 aliphatic heterocycles. The molecule has 0 amide bonds. The third-order valence-electron chi connectivity index (χ3n) is 2.87. The number of hydrogen-bond acceptors (Lipinski definition) is 3. The minimum absolute atomic E-state index is 0.203. The summed E-state index contributed by atoms with van der Waals surface area (Å²) in [5.74, 6) is -0.252. The summed E-state index contributed by atoms with van der Waals surface area (Å²) in [7, 11) is 1.89. The van der Waals surface area contributed by atoms with Gasteiger partial charge < -0.3 is 5.32 Å². The Balaban J connectivity index is 2.44. The number of halogens is 2. The molecule has 1 aromatic carbocycles. The highest BCUT2D eigenvalue weighted by Gasteiger charge is 2.22. The third kappa shape index (κ3) is 2.63. The molecule has 1 N–H and O–H groups in total. The summed E-state index contributed by atoms with van der Waals surface area (Å²) in [6.45, 7) is 4.10. The van der Waals surface area contributed by atoms with Crippen molar-refractivity contribution < 1.29 is 4.39 Å². The molecule has 0 spiro atoms. The molecular weight excluding hydrogens is 315 g/mol. The van der Waals surface area contributed by atoms with Crippen LogP contribution in [0, 0.1) is 5.82 Å². The molecule has 0 fully saturated rings. The van der Waals surface area contributed by atoms with E-state index in [2.05, 4.69) is 26.2 Å². The number of benzene rings is 1. The van der Waals surface area contributed by atoms with Gasteiger partial charge in [-0.1, -0.05) is 15.9 Å². The lowest BCUT2D eigenvalue weighted by atomic mass is 10.1. The molecule has 0 saturated carbocycles. The molecular formula is C13H14BrFN2S. The van der Waals surface area contributed by atoms with Gasteiger partial charge in [-0.05, 0) is 39.1 Å². The van der Waals surface area contributed by atoms with Crippen LogP contribution >= 0.6 is 27.3 Å². The maximum absolute atomic E-state index is 13.8. The SMILES string of the molecule is CNC(C)(C)c1nc(-c2cc(Br)ccc2F)cs1. The molecule has 18 heavy (non-hydrogen) atoms. The van der Waals surface area contributed by atoms with E-state index in [1.807, 2.05) is 26.3 Å². The van der Waals surface area contributed by atoms with Crippen LogP contribution in [-0.2, 0) is 5.54 Å². The fourth-order valence-electron chi connectivity index (χ4n) is 1.49. The third-order valence-corrected chi connectivity index (χ3v) is 4.53. The summed E-state index contributed by atoms with van der Waals surface area (Å²) in [4.78, 5) is 4.52. The second-order valence-electron chi connectivity index (χ2n) is 4.54. The normalized spacial score (nSPS) is 11.8. The number of aromatic nitrogens is 1. The minimum atomic E-state index is -0.252. The van der Waals surface area contributed by atoms with E-state index in [1.54, 1.807) is 12.1 Å². The van der Waals surface area contributed by atoms with E-state index in [9.17, 15) is 4.39 Å². The maximum Gasteiger partial charge on any atom is 0.132 e. The Bertz CT molecular complexity index is 566. The number of thiazole rings is 1. The molecule has 2 nitrogen and oxygen atoms in total. The smallest absolute Gasteiger partial charge is 0.132 e. The van der Waals surface area contributed by atoms with Gasteiger partial charge in [0.1, 0.15) is 10.8 Å². The fourth-order valence-corrected chi connectivity index (χ4v) is 2.80. The van der Waals surface area contributed by atoms with Crippen molar-refractivity contribution in [2.24, 2.45) is 0 Å². The number of nitrogens with one attached hydrogen (secondary N) is 1. The summed E-state index contributed by atoms with van der Waals surface area (Å²) in [5.41, 5.74) is 1.00. The van der Waals surface area contributed by atoms with Gasteiger partial charge in [0.25, 0.3) is 0 Å². The van der Waals surface area contributed by atoms with Crippen LogP contribution in [0.5, 0.6) is 0 Å². The van der Waals surface area contributed by atoms with Gasteiger partial charge in [0.05, 0.1) is 11.2 Å². The first-order chi connectivity index (χ1) is 8.44. The second-order valence-corrected chi connectivity index (χ2v) is 6.31. The quantitative estimate of drug-likeness (QED) is 0.914. The van der Waals surface area contributed by atoms with Crippen LogP contribution in [0.25, 0.3) is 11.3 Å². The van der Waals surface area contributed by atoms with Crippen molar-refractivity contribution in [3.05, 3.63) is 38.9 Å². The maximum atomic E-state index is 13.8. The molecule has 0 unspecified atom stereocenters. The Morgan fingerprint density at radius 2 is 2.11 bits per heavy atom. The number of nitrogens with zero attached hydrogens (tertiary/aromatic N) is 1. The Hall–Kier alpha value is -0.780. The van der Waals surface area contributed by atoms with E-state index in [-0.39, 0.29) is 11.4 Å². The predicted octanol–water partition coefficient (Wildman–Crippen LogP) is 4.17. The molecule has 0 radical (unpaired) electrons. The van der Waals surface area contributed by atoms with Crippen molar-refractivity contribution in [3.8, 4) is 11.3 Å². The van der Waals surface area contributed by atoms with Crippen LogP contribution < -0.4 is 5.32 Å². The first kappa shape index (κ1) is 13.6. The van der Waals surface area contributed by atoms with Crippen LogP contribution in [0.2, 0.25) is 0 Å². The van der Waals surface area contributed by atoms with Crippen molar-refractivity contribution in [3.63, 3.8) is 0 Å². The molecule has 2 rings (SSSR count). The zero-order valence-corrected chi connectivity index (χ0v) is 12.8. The highest BCUT2D eigenvalue weighted by atomic mass is 79.9. The van der Waals surface area contributed by atoms with E-state index >= 15 is 0 Å². The van der Waals surface area contributed by atoms with Crippen LogP contribution in [0.3, 0.4) is 0 Å². The van der Waals surface area contributed by atoms with E-state index in [1.165, 1.54) is 17.4 Å². The van der Waals surface area contributed by atoms with E-state index in [0.29, 0.717) is 11.3 Å². The Kier molecular flexibility index (Phi) is 3.84. The molecule has 2 aromatic rings. The Morgan fingerprint density at radius 1 is 1.39 bits per heavy atom. The predicted molar refractivity (Wildman–Crippen MR) is 77.3 cm³/mol. The van der Waals surface area contributed by atoms with Crippen molar-refractivity contribution in [1.29, 1.82) is 0 Å². The van der Waals surface area contributed by atoms with Crippen LogP contribution in [-0.4, -0.2) is 12.0 Å². The lowest BCUT2D eigenvalue weighted by Crippen LogP contribution is -2.32. The molecule has 0 aliphatic carbocycles. The van der Waals surface area contributed by atoms with Gasteiger partial charge in [-0.25, -0.2) is 9.37 Å². The fraction of sp³-hybridized carbons (Fsp3) is 0.308. The van der Waals surface area contributed by atoms with Gasteiger partial charge in [-0.2, -0.15) is 0 Å². The van der Waals surface area contributed by atoms with Crippen molar-refractivity contribution in [1.82, 2.24) is 10.3 Å². The Morgan fingerprint density at radius 3 is 2.78 bits per heavy atom. The molecule has 1 aromatic heterocycles.